The van der Waals surface area contributed by atoms with Gasteiger partial charge in [-0.25, -0.2) is 22.9 Å². The fourth-order valence-corrected chi connectivity index (χ4v) is 4.52. The van der Waals surface area contributed by atoms with Crippen LogP contribution in [0.15, 0.2) is 47.4 Å². The van der Waals surface area contributed by atoms with Gasteiger partial charge in [-0.05, 0) is 50.1 Å². The van der Waals surface area contributed by atoms with Crippen molar-refractivity contribution in [2.24, 2.45) is 0 Å². The number of ether oxygens (including phenoxy) is 1. The average Bonchev–Trinajstić information content (AvgIpc) is 2.73. The molecule has 0 atom stereocenters. The monoisotopic (exact) mass is 438 g/mol. The maximum atomic E-state index is 13.0. The van der Waals surface area contributed by atoms with E-state index in [1.54, 1.807) is 0 Å². The molecule has 4 rings (SSSR count). The van der Waals surface area contributed by atoms with E-state index in [-0.39, 0.29) is 23.0 Å². The number of carbonyl (C=O) groups is 1. The van der Waals surface area contributed by atoms with Gasteiger partial charge in [0.25, 0.3) is 10.0 Å². The van der Waals surface area contributed by atoms with Crippen LogP contribution in [0.2, 0.25) is 0 Å². The lowest BCUT2D eigenvalue weighted by Gasteiger charge is -2.17. The molecule has 3 aromatic rings. The number of benzene rings is 2. The minimum absolute atomic E-state index is 0.0531. The maximum Gasteiger partial charge on any atom is 0.338 e. The Kier molecular flexibility index (Phi) is 5.36. The summed E-state index contributed by atoms with van der Waals surface area (Å²) in [4.78, 5) is 21.1. The molecule has 9 heteroatoms. The van der Waals surface area contributed by atoms with E-state index in [1.807, 2.05) is 39.0 Å². The number of aromatic nitrogens is 2. The normalized spacial score (nSPS) is 15.4. The van der Waals surface area contributed by atoms with Gasteiger partial charge in [-0.3, -0.25) is 0 Å². The summed E-state index contributed by atoms with van der Waals surface area (Å²) in [5.41, 5.74) is 4.50. The number of aryl methyl sites for hydroxylation is 2. The largest absolute Gasteiger partial charge is 0.460 e. The fourth-order valence-electron chi connectivity index (χ4n) is 3.53. The predicted octanol–water partition coefficient (Wildman–Crippen LogP) is 3.45. The Morgan fingerprint density at radius 3 is 2.45 bits per heavy atom. The van der Waals surface area contributed by atoms with E-state index in [0.29, 0.717) is 18.1 Å². The number of hydrogen-bond donors (Lipinski definition) is 2. The lowest BCUT2D eigenvalue weighted by molar-refractivity contribution is 0.0520. The molecule has 0 saturated heterocycles. The highest BCUT2D eigenvalue weighted by Crippen LogP contribution is 2.32. The molecule has 2 heterocycles. The van der Waals surface area contributed by atoms with Crippen molar-refractivity contribution in [3.8, 4) is 11.3 Å². The summed E-state index contributed by atoms with van der Waals surface area (Å²) < 4.78 is 33.7. The number of fused-ring (bicyclic) bond motifs is 4. The highest BCUT2D eigenvalue weighted by molar-refractivity contribution is 7.92. The molecule has 1 aromatic heterocycles. The molecule has 0 amide bonds. The molecule has 0 unspecified atom stereocenters. The van der Waals surface area contributed by atoms with Crippen molar-refractivity contribution >= 4 is 27.8 Å². The smallest absolute Gasteiger partial charge is 0.338 e. The molecule has 8 nitrogen and oxygen atoms in total. The second-order valence-electron chi connectivity index (χ2n) is 7.33. The molecule has 0 aliphatic carbocycles. The molecule has 2 aromatic carbocycles. The quantitative estimate of drug-likeness (QED) is 0.560. The van der Waals surface area contributed by atoms with Gasteiger partial charge in [0.2, 0.25) is 5.95 Å². The summed E-state index contributed by atoms with van der Waals surface area (Å²) >= 11 is 0. The Bertz CT molecular complexity index is 1270. The van der Waals surface area contributed by atoms with Crippen molar-refractivity contribution in [1.29, 1.82) is 0 Å². The predicted molar refractivity (Wildman–Crippen MR) is 118 cm³/mol. The van der Waals surface area contributed by atoms with Crippen molar-refractivity contribution in [3.05, 3.63) is 64.7 Å². The van der Waals surface area contributed by atoms with Crippen LogP contribution in [0.4, 0.5) is 11.8 Å². The Morgan fingerprint density at radius 1 is 1.00 bits per heavy atom. The van der Waals surface area contributed by atoms with E-state index >= 15 is 0 Å². The number of anilines is 2. The van der Waals surface area contributed by atoms with Gasteiger partial charge in [0.1, 0.15) is 12.4 Å². The van der Waals surface area contributed by atoms with Crippen molar-refractivity contribution < 1.29 is 17.9 Å². The highest BCUT2D eigenvalue weighted by atomic mass is 32.2. The van der Waals surface area contributed by atoms with Crippen LogP contribution >= 0.6 is 0 Å². The van der Waals surface area contributed by atoms with Gasteiger partial charge in [-0.1, -0.05) is 24.3 Å². The standard InChI is InChI=1S/C22H22N4O4S/c1-13-6-4-7-14(2)18(13)19-15(3)20-23-10-11-30-21(27)16-8-5-9-17(12-16)31(28,29)26-22(24-19)25-20/h4-9,12H,10-11H2,1-3H3,(H2,23,24,25,26). The van der Waals surface area contributed by atoms with Crippen LogP contribution in [0, 0.1) is 20.8 Å². The lowest BCUT2D eigenvalue weighted by atomic mass is 9.97. The van der Waals surface area contributed by atoms with E-state index in [2.05, 4.69) is 20.0 Å². The van der Waals surface area contributed by atoms with E-state index in [1.165, 1.54) is 24.3 Å². The number of esters is 1. The van der Waals surface area contributed by atoms with Gasteiger partial charge in [-0.15, -0.1) is 0 Å². The second kappa shape index (κ2) is 7.99. The summed E-state index contributed by atoms with van der Waals surface area (Å²) in [6.07, 6.45) is 0. The highest BCUT2D eigenvalue weighted by Gasteiger charge is 2.22. The van der Waals surface area contributed by atoms with Crippen molar-refractivity contribution in [2.75, 3.05) is 23.2 Å². The first-order chi connectivity index (χ1) is 14.8. The third kappa shape index (κ3) is 4.09. The molecular weight excluding hydrogens is 416 g/mol. The molecule has 31 heavy (non-hydrogen) atoms. The summed E-state index contributed by atoms with van der Waals surface area (Å²) in [6, 6.07) is 11.6. The molecular formula is C22H22N4O4S. The van der Waals surface area contributed by atoms with Gasteiger partial charge < -0.3 is 10.1 Å². The maximum absolute atomic E-state index is 13.0. The molecule has 160 valence electrons. The first-order valence-corrected chi connectivity index (χ1v) is 11.2. The van der Waals surface area contributed by atoms with E-state index < -0.39 is 16.0 Å². The summed E-state index contributed by atoms with van der Waals surface area (Å²) in [5.74, 6) is -0.182. The van der Waals surface area contributed by atoms with Gasteiger partial charge >= 0.3 is 5.97 Å². The first kappa shape index (κ1) is 20.8. The summed E-state index contributed by atoms with van der Waals surface area (Å²) in [5, 5.41) is 3.13. The number of carbonyl (C=O) groups excluding carboxylic acids is 1. The molecule has 4 bridgehead atoms. The topological polar surface area (TPSA) is 110 Å². The minimum atomic E-state index is -4.02. The Morgan fingerprint density at radius 2 is 1.71 bits per heavy atom. The molecule has 1 aliphatic heterocycles. The molecule has 2 N–H and O–H groups in total. The minimum Gasteiger partial charge on any atom is -0.460 e. The Hall–Kier alpha value is -3.46. The molecule has 1 aliphatic rings. The molecule has 0 saturated carbocycles. The zero-order chi connectivity index (χ0) is 22.2. The summed E-state index contributed by atoms with van der Waals surface area (Å²) in [7, 11) is -4.02. The zero-order valence-corrected chi connectivity index (χ0v) is 18.2. The van der Waals surface area contributed by atoms with E-state index in [0.717, 1.165) is 22.3 Å². The SMILES string of the molecule is Cc1cccc(C)c1-c1nc2nc(c1C)NCCOC(=O)c1cccc(c1)S(=O)(=O)N2. The van der Waals surface area contributed by atoms with E-state index in [9.17, 15) is 13.2 Å². The van der Waals surface area contributed by atoms with Crippen LogP contribution < -0.4 is 10.0 Å². The first-order valence-electron chi connectivity index (χ1n) is 9.75. The van der Waals surface area contributed by atoms with Crippen LogP contribution in [0.3, 0.4) is 0 Å². The Balaban J connectivity index is 1.90. The number of rotatable bonds is 1. The van der Waals surface area contributed by atoms with Crippen molar-refractivity contribution in [2.45, 2.75) is 25.7 Å². The number of cyclic esters (lactones) is 1. The number of nitrogens with one attached hydrogen (secondary N) is 2. The molecule has 0 fully saturated rings. The molecule has 0 radical (unpaired) electrons. The third-order valence-corrected chi connectivity index (χ3v) is 6.42. The summed E-state index contributed by atoms with van der Waals surface area (Å²) in [6.45, 7) is 6.24. The number of hydrogen-bond acceptors (Lipinski definition) is 7. The van der Waals surface area contributed by atoms with Crippen LogP contribution in [0.25, 0.3) is 11.3 Å². The van der Waals surface area contributed by atoms with Gasteiger partial charge in [0.05, 0.1) is 22.7 Å². The lowest BCUT2D eigenvalue weighted by Crippen LogP contribution is -2.17. The second-order valence-corrected chi connectivity index (χ2v) is 9.01. The fraction of sp³-hybridized carbons (Fsp3) is 0.227. The van der Waals surface area contributed by atoms with Crippen LogP contribution in [-0.2, 0) is 14.8 Å². The van der Waals surface area contributed by atoms with E-state index in [4.69, 9.17) is 4.74 Å². The number of nitrogens with zero attached hydrogens (tertiary/aromatic N) is 2. The van der Waals surface area contributed by atoms with Crippen LogP contribution in [-0.4, -0.2) is 37.5 Å². The van der Waals surface area contributed by atoms with Crippen molar-refractivity contribution in [1.82, 2.24) is 9.97 Å². The molecule has 0 spiro atoms. The Labute approximate surface area is 180 Å². The van der Waals surface area contributed by atoms with Crippen molar-refractivity contribution in [3.63, 3.8) is 0 Å². The van der Waals surface area contributed by atoms with Gasteiger partial charge in [0, 0.05) is 11.1 Å². The van der Waals surface area contributed by atoms with Gasteiger partial charge in [0.15, 0.2) is 0 Å². The number of sulfonamides is 1. The average molecular weight is 439 g/mol. The van der Waals surface area contributed by atoms with Crippen LogP contribution in [0.5, 0.6) is 0 Å². The van der Waals surface area contributed by atoms with Crippen LogP contribution in [0.1, 0.15) is 27.0 Å². The third-order valence-electron chi connectivity index (χ3n) is 5.10. The van der Waals surface area contributed by atoms with Gasteiger partial charge in [-0.2, -0.15) is 4.98 Å². The zero-order valence-electron chi connectivity index (χ0n) is 17.4.